The van der Waals surface area contributed by atoms with Crippen LogP contribution in [0.3, 0.4) is 0 Å². The van der Waals surface area contributed by atoms with Gasteiger partial charge in [0.2, 0.25) is 0 Å². The quantitative estimate of drug-likeness (QED) is 0.456. The molecule has 1 radical (unpaired) electrons. The Balaban J connectivity index is 4.98. The molecule has 0 unspecified atom stereocenters. The van der Waals surface area contributed by atoms with Crippen molar-refractivity contribution in [3.05, 3.63) is 61.5 Å². The fourth-order valence-corrected chi connectivity index (χ4v) is 1.25. The fraction of sp³-hybridized carbons (Fsp3) is 0.286. The molecule has 0 saturated carbocycles. The SMILES string of the molecule is C=C/C=C\N(C(=C)C=C)/C([B]C(C)C)=C\C. The third kappa shape index (κ3) is 4.88. The molecule has 0 aromatic rings. The lowest BCUT2D eigenvalue weighted by Crippen LogP contribution is -2.20. The van der Waals surface area contributed by atoms with Crippen LogP contribution >= 0.6 is 0 Å². The van der Waals surface area contributed by atoms with Gasteiger partial charge in [-0.05, 0) is 24.7 Å². The summed E-state index contributed by atoms with van der Waals surface area (Å²) < 4.78 is 0. The van der Waals surface area contributed by atoms with Crippen LogP contribution in [-0.4, -0.2) is 12.2 Å². The first-order valence-electron chi connectivity index (χ1n) is 5.47. The second-order valence-corrected chi connectivity index (χ2v) is 3.77. The van der Waals surface area contributed by atoms with E-state index in [0.717, 1.165) is 11.3 Å². The maximum atomic E-state index is 3.96. The summed E-state index contributed by atoms with van der Waals surface area (Å²) in [6, 6.07) is 0. The van der Waals surface area contributed by atoms with Gasteiger partial charge in [-0.2, -0.15) is 0 Å². The third-order valence-electron chi connectivity index (χ3n) is 1.99. The normalized spacial score (nSPS) is 11.6. The van der Waals surface area contributed by atoms with Crippen molar-refractivity contribution in [3.8, 4) is 0 Å². The van der Waals surface area contributed by atoms with Crippen molar-refractivity contribution in [2.45, 2.75) is 26.6 Å². The van der Waals surface area contributed by atoms with Gasteiger partial charge < -0.3 is 4.90 Å². The van der Waals surface area contributed by atoms with Gasteiger partial charge in [0.15, 0.2) is 7.28 Å². The molecule has 0 aromatic carbocycles. The zero-order valence-corrected chi connectivity index (χ0v) is 10.6. The van der Waals surface area contributed by atoms with Gasteiger partial charge >= 0.3 is 0 Å². The minimum Gasteiger partial charge on any atom is -0.331 e. The van der Waals surface area contributed by atoms with E-state index in [1.165, 1.54) is 0 Å². The van der Waals surface area contributed by atoms with Gasteiger partial charge in [0.1, 0.15) is 0 Å². The smallest absolute Gasteiger partial charge is 0.177 e. The van der Waals surface area contributed by atoms with Crippen LogP contribution in [0, 0.1) is 0 Å². The molecule has 0 aromatic heterocycles. The summed E-state index contributed by atoms with van der Waals surface area (Å²) in [4.78, 5) is 1.99. The summed E-state index contributed by atoms with van der Waals surface area (Å²) in [5.74, 6) is 0.489. The number of hydrogen-bond acceptors (Lipinski definition) is 1. The molecule has 0 spiro atoms. The van der Waals surface area contributed by atoms with E-state index in [0.29, 0.717) is 5.82 Å². The van der Waals surface area contributed by atoms with Gasteiger partial charge in [-0.1, -0.05) is 51.6 Å². The van der Waals surface area contributed by atoms with Crippen molar-refractivity contribution in [3.63, 3.8) is 0 Å². The van der Waals surface area contributed by atoms with E-state index < -0.39 is 0 Å². The highest BCUT2D eigenvalue weighted by molar-refractivity contribution is 6.46. The van der Waals surface area contributed by atoms with Crippen LogP contribution in [0.2, 0.25) is 5.82 Å². The van der Waals surface area contributed by atoms with E-state index in [1.807, 2.05) is 24.1 Å². The van der Waals surface area contributed by atoms with Gasteiger partial charge in [0.25, 0.3) is 0 Å². The molecule has 0 aliphatic rings. The second-order valence-electron chi connectivity index (χ2n) is 3.77. The molecule has 0 N–H and O–H groups in total. The topological polar surface area (TPSA) is 3.24 Å². The number of nitrogens with zero attached hydrogens (tertiary/aromatic N) is 1. The van der Waals surface area contributed by atoms with Gasteiger partial charge in [0, 0.05) is 11.9 Å². The molecule has 0 heterocycles. The monoisotopic (exact) mass is 214 g/mol. The molecule has 0 atom stereocenters. The molecule has 16 heavy (non-hydrogen) atoms. The summed E-state index contributed by atoms with van der Waals surface area (Å²) in [6.07, 6.45) is 9.36. The van der Waals surface area contributed by atoms with Crippen molar-refractivity contribution >= 4 is 7.28 Å². The summed E-state index contributed by atoms with van der Waals surface area (Å²) >= 11 is 0. The highest BCUT2D eigenvalue weighted by atomic mass is 15.1. The Morgan fingerprint density at radius 3 is 2.31 bits per heavy atom. The van der Waals surface area contributed by atoms with Gasteiger partial charge in [-0.25, -0.2) is 0 Å². The minimum atomic E-state index is 0.489. The highest BCUT2D eigenvalue weighted by Crippen LogP contribution is 2.16. The van der Waals surface area contributed by atoms with Crippen LogP contribution in [0.25, 0.3) is 0 Å². The standard InChI is InChI=1S/C14H21BN/c1-7-10-11-16(13(6)8-2)14(9-3)15-12(4)5/h7-12H,1-2,6H2,3-5H3/b11-10-,14-9-. The van der Waals surface area contributed by atoms with Crippen LogP contribution < -0.4 is 0 Å². The molecule has 0 aliphatic heterocycles. The first-order chi connectivity index (χ1) is 7.56. The average Bonchev–Trinajstić information content (AvgIpc) is 2.26. The molecule has 85 valence electrons. The maximum absolute atomic E-state index is 3.96. The Bertz CT molecular complexity index is 311. The largest absolute Gasteiger partial charge is 0.331 e. The van der Waals surface area contributed by atoms with Crippen molar-refractivity contribution in [2.75, 3.05) is 0 Å². The lowest BCUT2D eigenvalue weighted by molar-refractivity contribution is 0.629. The summed E-state index contributed by atoms with van der Waals surface area (Å²) in [6.45, 7) is 17.7. The van der Waals surface area contributed by atoms with Crippen molar-refractivity contribution in [1.29, 1.82) is 0 Å². The molecule has 0 aliphatic carbocycles. The van der Waals surface area contributed by atoms with E-state index in [1.54, 1.807) is 12.2 Å². The van der Waals surface area contributed by atoms with E-state index in [2.05, 4.69) is 46.9 Å². The zero-order valence-electron chi connectivity index (χ0n) is 10.6. The molecule has 0 bridgehead atoms. The van der Waals surface area contributed by atoms with Crippen LogP contribution in [-0.2, 0) is 0 Å². The first-order valence-corrected chi connectivity index (χ1v) is 5.47. The molecule has 0 saturated heterocycles. The van der Waals surface area contributed by atoms with Gasteiger partial charge in [-0.15, -0.1) is 0 Å². The maximum Gasteiger partial charge on any atom is 0.177 e. The van der Waals surface area contributed by atoms with E-state index >= 15 is 0 Å². The van der Waals surface area contributed by atoms with Crippen molar-refractivity contribution in [2.24, 2.45) is 0 Å². The lowest BCUT2D eigenvalue weighted by atomic mass is 9.62. The number of rotatable bonds is 7. The Kier molecular flexibility index (Phi) is 7.10. The summed E-state index contributed by atoms with van der Waals surface area (Å²) in [5.41, 5.74) is 1.96. The average molecular weight is 214 g/mol. The van der Waals surface area contributed by atoms with Crippen molar-refractivity contribution in [1.82, 2.24) is 4.90 Å². The van der Waals surface area contributed by atoms with E-state index in [4.69, 9.17) is 0 Å². The predicted octanol–water partition coefficient (Wildman–Crippen LogP) is 4.08. The zero-order chi connectivity index (χ0) is 12.6. The number of hydrogen-bond donors (Lipinski definition) is 0. The summed E-state index contributed by atoms with van der Waals surface area (Å²) in [7, 11) is 2.18. The Hall–Kier alpha value is -1.44. The Labute approximate surface area is 101 Å². The molecule has 0 fully saturated rings. The molecule has 1 nitrogen and oxygen atoms in total. The van der Waals surface area contributed by atoms with Crippen molar-refractivity contribution < 1.29 is 0 Å². The van der Waals surface area contributed by atoms with Crippen LogP contribution in [0.15, 0.2) is 61.5 Å². The highest BCUT2D eigenvalue weighted by Gasteiger charge is 2.10. The van der Waals surface area contributed by atoms with Gasteiger partial charge in [-0.3, -0.25) is 0 Å². The number of allylic oxidation sites excluding steroid dienone is 4. The van der Waals surface area contributed by atoms with Gasteiger partial charge in [0.05, 0.1) is 0 Å². The van der Waals surface area contributed by atoms with E-state index in [9.17, 15) is 0 Å². The minimum absolute atomic E-state index is 0.489. The van der Waals surface area contributed by atoms with Crippen LogP contribution in [0.4, 0.5) is 0 Å². The Morgan fingerprint density at radius 2 is 1.94 bits per heavy atom. The molecular weight excluding hydrogens is 193 g/mol. The van der Waals surface area contributed by atoms with Crippen LogP contribution in [0.5, 0.6) is 0 Å². The fourth-order valence-electron chi connectivity index (χ4n) is 1.25. The van der Waals surface area contributed by atoms with Crippen LogP contribution in [0.1, 0.15) is 20.8 Å². The lowest BCUT2D eigenvalue weighted by Gasteiger charge is -2.25. The molecule has 0 amide bonds. The molecule has 2 heteroatoms. The first kappa shape index (κ1) is 14.6. The third-order valence-corrected chi connectivity index (χ3v) is 1.99. The van der Waals surface area contributed by atoms with E-state index in [-0.39, 0.29) is 0 Å². The summed E-state index contributed by atoms with van der Waals surface area (Å²) in [5, 5.41) is 0. The molecule has 0 rings (SSSR count). The predicted molar refractivity (Wildman–Crippen MR) is 75.1 cm³/mol. The second kappa shape index (κ2) is 7.80. The molecular formula is C14H21BN. The Morgan fingerprint density at radius 1 is 1.31 bits per heavy atom.